The minimum absolute atomic E-state index is 0. The third-order valence-corrected chi connectivity index (χ3v) is 22.2. The van der Waals surface area contributed by atoms with Crippen molar-refractivity contribution >= 4 is 18.2 Å². The molecular weight excluding hydrogens is 607 g/mol. The molecular formula is C37H39Cl2Zr. The zero-order chi connectivity index (χ0) is 25.7. The molecule has 1 saturated heterocycles. The molecule has 0 radical (unpaired) electrons. The van der Waals surface area contributed by atoms with Crippen molar-refractivity contribution in [1.29, 1.82) is 0 Å². The molecule has 0 amide bonds. The minimum atomic E-state index is -2.24. The molecule has 3 unspecified atom stereocenters. The Bertz CT molecular complexity index is 1390. The maximum Gasteiger partial charge on any atom is -1.00 e. The van der Waals surface area contributed by atoms with Crippen LogP contribution in [0.2, 0.25) is 3.12 Å². The van der Waals surface area contributed by atoms with E-state index in [0.29, 0.717) is 9.04 Å². The predicted octanol–water partition coefficient (Wildman–Crippen LogP) is 4.64. The second-order valence-corrected chi connectivity index (χ2v) is 19.7. The van der Waals surface area contributed by atoms with Crippen molar-refractivity contribution in [3.8, 4) is 0 Å². The van der Waals surface area contributed by atoms with Gasteiger partial charge in [-0.2, -0.15) is 0 Å². The smallest absolute Gasteiger partial charge is 1.00 e. The van der Waals surface area contributed by atoms with Gasteiger partial charge in [-0.25, -0.2) is 0 Å². The first kappa shape index (κ1) is 29.8. The molecule has 0 nitrogen and oxygen atoms in total. The molecule has 0 N–H and O–H groups in total. The summed E-state index contributed by atoms with van der Waals surface area (Å²) in [5.41, 5.74) is 13.0. The van der Waals surface area contributed by atoms with E-state index in [1.807, 2.05) is 0 Å². The molecule has 0 spiro atoms. The van der Waals surface area contributed by atoms with Gasteiger partial charge in [0.1, 0.15) is 0 Å². The molecule has 4 aliphatic rings. The first-order chi connectivity index (χ1) is 18.7. The molecule has 3 aliphatic carbocycles. The van der Waals surface area contributed by atoms with Crippen molar-refractivity contribution in [1.82, 2.24) is 0 Å². The summed E-state index contributed by atoms with van der Waals surface area (Å²) >= 11 is -2.24. The van der Waals surface area contributed by atoms with Gasteiger partial charge in [-0.3, -0.25) is 0 Å². The van der Waals surface area contributed by atoms with Gasteiger partial charge < -0.3 is 24.8 Å². The summed E-state index contributed by atoms with van der Waals surface area (Å²) < 4.78 is 1.99. The molecule has 7 rings (SSSR count). The average molecular weight is 646 g/mol. The van der Waals surface area contributed by atoms with Crippen LogP contribution in [0.25, 0.3) is 18.2 Å². The largest absolute Gasteiger partial charge is 1.00 e. The summed E-state index contributed by atoms with van der Waals surface area (Å²) in [4.78, 5) is 0. The van der Waals surface area contributed by atoms with Gasteiger partial charge in [-0.05, 0) is 0 Å². The van der Waals surface area contributed by atoms with E-state index in [9.17, 15) is 0 Å². The summed E-state index contributed by atoms with van der Waals surface area (Å²) in [7, 11) is 0. The maximum absolute atomic E-state index is 2.62. The average Bonchev–Trinajstić information content (AvgIpc) is 3.62. The first-order valence-corrected chi connectivity index (χ1v) is 19.0. The van der Waals surface area contributed by atoms with Crippen molar-refractivity contribution in [2.24, 2.45) is 0 Å². The summed E-state index contributed by atoms with van der Waals surface area (Å²) in [6, 6.07) is 27.9. The maximum atomic E-state index is 2.62. The third-order valence-electron chi connectivity index (χ3n) is 10.4. The van der Waals surface area contributed by atoms with E-state index >= 15 is 0 Å². The van der Waals surface area contributed by atoms with Gasteiger partial charge in [0, 0.05) is 0 Å². The van der Waals surface area contributed by atoms with Gasteiger partial charge in [0.15, 0.2) is 0 Å². The molecule has 0 bridgehead atoms. The molecule has 3 aromatic carbocycles. The SMILES string of the molecule is CC[C](CC)(CCCC1C=Cc2ccccc21)[Zr+2]1[CH]2C(=Cc3ccccc32)CCC2=Cc3ccccc3[CH]21.[Cl-].[Cl-]. The van der Waals surface area contributed by atoms with Gasteiger partial charge >= 0.3 is 238 Å². The van der Waals surface area contributed by atoms with Crippen LogP contribution in [0, 0.1) is 0 Å². The van der Waals surface area contributed by atoms with Gasteiger partial charge in [-0.15, -0.1) is 0 Å². The molecule has 1 heterocycles. The van der Waals surface area contributed by atoms with Crippen LogP contribution in [-0.2, 0) is 21.8 Å². The monoisotopic (exact) mass is 643 g/mol. The van der Waals surface area contributed by atoms with E-state index in [2.05, 4.69) is 111 Å². The van der Waals surface area contributed by atoms with Crippen LogP contribution in [0.1, 0.15) is 105 Å². The Kier molecular flexibility index (Phi) is 9.17. The normalized spacial score (nSPS) is 21.6. The van der Waals surface area contributed by atoms with Crippen LogP contribution < -0.4 is 24.8 Å². The second kappa shape index (κ2) is 12.3. The van der Waals surface area contributed by atoms with Crippen molar-refractivity contribution in [2.45, 2.75) is 75.1 Å². The van der Waals surface area contributed by atoms with E-state index in [-0.39, 0.29) is 24.8 Å². The third kappa shape index (κ3) is 4.89. The van der Waals surface area contributed by atoms with Gasteiger partial charge in [0.2, 0.25) is 0 Å². The van der Waals surface area contributed by atoms with Gasteiger partial charge in [0.25, 0.3) is 0 Å². The summed E-state index contributed by atoms with van der Waals surface area (Å²) in [5, 5.41) is 0. The van der Waals surface area contributed by atoms with E-state index < -0.39 is 21.8 Å². The van der Waals surface area contributed by atoms with Crippen molar-refractivity contribution in [3.63, 3.8) is 0 Å². The Morgan fingerprint density at radius 2 is 1.18 bits per heavy atom. The fraction of sp³-hybridized carbons (Fsp3) is 0.351. The first-order valence-electron chi connectivity index (χ1n) is 15.0. The molecule has 1 aliphatic heterocycles. The van der Waals surface area contributed by atoms with Crippen LogP contribution in [0.4, 0.5) is 0 Å². The molecule has 3 atom stereocenters. The molecule has 0 saturated carbocycles. The van der Waals surface area contributed by atoms with E-state index in [0.717, 1.165) is 7.25 Å². The number of allylic oxidation sites excluding steroid dienone is 3. The number of benzene rings is 3. The zero-order valence-corrected chi connectivity index (χ0v) is 27.6. The quantitative estimate of drug-likeness (QED) is 0.352. The second-order valence-electron chi connectivity index (χ2n) is 12.0. The molecule has 3 heteroatoms. The number of hydrogen-bond donors (Lipinski definition) is 0. The fourth-order valence-electron chi connectivity index (χ4n) is 8.40. The van der Waals surface area contributed by atoms with E-state index in [4.69, 9.17) is 0 Å². The summed E-state index contributed by atoms with van der Waals surface area (Å²) in [6.07, 6.45) is 19.3. The van der Waals surface area contributed by atoms with Crippen molar-refractivity contribution in [3.05, 3.63) is 123 Å². The van der Waals surface area contributed by atoms with Gasteiger partial charge in [-0.1, -0.05) is 0 Å². The van der Waals surface area contributed by atoms with Crippen LogP contribution in [-0.4, -0.2) is 0 Å². The Morgan fingerprint density at radius 1 is 0.675 bits per heavy atom. The zero-order valence-electron chi connectivity index (χ0n) is 23.7. The van der Waals surface area contributed by atoms with Crippen LogP contribution >= 0.6 is 0 Å². The predicted molar refractivity (Wildman–Crippen MR) is 159 cm³/mol. The Balaban J connectivity index is 0.00000161. The Morgan fingerprint density at radius 3 is 1.73 bits per heavy atom. The fourth-order valence-corrected chi connectivity index (χ4v) is 21.4. The molecule has 205 valence electrons. The van der Waals surface area contributed by atoms with E-state index in [1.165, 1.54) is 61.6 Å². The number of halogens is 2. The standard InChI is InChI=1S/C20H16.C17H23.2ClH.Zr/c1-2-6-18-12-15(11-17(18)5-1)9-10-16-13-19-7-3-4-8-20(19)14-16;1-3-14(4-2)8-7-10-16-13-12-15-9-5-6-11-17(15)16;;;/h1-8,11-14H,9-10H2;5-6,9,11-13,16H,3-4,7-8,10H2,1-2H3;2*1H;/q;;;;+2/p-2. The van der Waals surface area contributed by atoms with E-state index in [1.54, 1.807) is 27.8 Å². The van der Waals surface area contributed by atoms with Crippen LogP contribution in [0.3, 0.4) is 0 Å². The number of hydrogen-bond acceptors (Lipinski definition) is 0. The Hall–Kier alpha value is -1.66. The molecule has 40 heavy (non-hydrogen) atoms. The molecule has 0 aromatic heterocycles. The molecule has 3 aromatic rings. The van der Waals surface area contributed by atoms with Crippen molar-refractivity contribution < 1.29 is 46.6 Å². The summed E-state index contributed by atoms with van der Waals surface area (Å²) in [5.74, 6) is 0.602. The number of fused-ring (bicyclic) bond motifs is 7. The summed E-state index contributed by atoms with van der Waals surface area (Å²) in [6.45, 7) is 5.09. The number of rotatable bonds is 7. The van der Waals surface area contributed by atoms with Crippen LogP contribution in [0.15, 0.2) is 90.0 Å². The van der Waals surface area contributed by atoms with Crippen LogP contribution in [0.5, 0.6) is 0 Å². The van der Waals surface area contributed by atoms with Crippen molar-refractivity contribution in [2.75, 3.05) is 0 Å². The topological polar surface area (TPSA) is 0 Å². The van der Waals surface area contributed by atoms with Gasteiger partial charge in [0.05, 0.1) is 0 Å². The Labute approximate surface area is 261 Å². The minimum Gasteiger partial charge on any atom is -1.00 e. The molecule has 1 fully saturated rings.